The van der Waals surface area contributed by atoms with Crippen LogP contribution in [-0.4, -0.2) is 21.6 Å². The van der Waals surface area contributed by atoms with Gasteiger partial charge in [-0.05, 0) is 30.2 Å². The second-order valence-corrected chi connectivity index (χ2v) is 8.19. The van der Waals surface area contributed by atoms with Crippen LogP contribution >= 0.6 is 0 Å². The molecule has 4 atom stereocenters. The molecule has 5 heteroatoms. The largest absolute Gasteiger partial charge is 0.467 e. The average molecular weight is 391 g/mol. The molecular weight excluding hydrogens is 370 g/mol. The third-order valence-electron chi connectivity index (χ3n) is 5.14. The normalized spacial score (nSPS) is 24.4. The molecule has 28 heavy (non-hydrogen) atoms. The van der Waals surface area contributed by atoms with Gasteiger partial charge in [-0.1, -0.05) is 78.4 Å². The van der Waals surface area contributed by atoms with Gasteiger partial charge in [0.15, 0.2) is 5.54 Å². The minimum atomic E-state index is -1.52. The van der Waals surface area contributed by atoms with E-state index in [0.717, 1.165) is 16.7 Å². The van der Waals surface area contributed by atoms with Crippen LogP contribution in [0.1, 0.15) is 22.7 Å². The zero-order valence-corrected chi connectivity index (χ0v) is 16.6. The fourth-order valence-corrected chi connectivity index (χ4v) is 5.28. The Hall–Kier alpha value is -2.76. The van der Waals surface area contributed by atoms with Crippen LogP contribution in [0.15, 0.2) is 89.8 Å². The SMILES string of the molecule is COC(=O)[C@@]1(c2ccccc2)[C@H](c2ccccc2)N1S(=O)c1ccc(C)cc1. The molecule has 3 aromatic rings. The van der Waals surface area contributed by atoms with Crippen LogP contribution in [0.5, 0.6) is 0 Å². The highest BCUT2D eigenvalue weighted by Crippen LogP contribution is 2.62. The molecule has 1 heterocycles. The lowest BCUT2D eigenvalue weighted by molar-refractivity contribution is -0.144. The van der Waals surface area contributed by atoms with Crippen LogP contribution in [0.4, 0.5) is 0 Å². The molecule has 0 saturated carbocycles. The molecule has 1 aliphatic rings. The van der Waals surface area contributed by atoms with Gasteiger partial charge in [-0.25, -0.2) is 9.00 Å². The fourth-order valence-electron chi connectivity index (χ4n) is 3.73. The van der Waals surface area contributed by atoms with Gasteiger partial charge in [0, 0.05) is 0 Å². The van der Waals surface area contributed by atoms with E-state index in [-0.39, 0.29) is 6.04 Å². The zero-order valence-electron chi connectivity index (χ0n) is 15.7. The molecule has 4 rings (SSSR count). The number of rotatable bonds is 5. The molecule has 3 aromatic carbocycles. The summed E-state index contributed by atoms with van der Waals surface area (Å²) in [6.07, 6.45) is 0. The summed E-state index contributed by atoms with van der Waals surface area (Å²) in [5, 5.41) is 0. The molecule has 0 spiro atoms. The molecular formula is C23H21NO3S. The number of methoxy groups -OCH3 is 1. The lowest BCUT2D eigenvalue weighted by Crippen LogP contribution is -2.29. The first-order valence-electron chi connectivity index (χ1n) is 9.07. The van der Waals surface area contributed by atoms with Gasteiger partial charge in [0.1, 0.15) is 11.0 Å². The quantitative estimate of drug-likeness (QED) is 0.485. The number of aryl methyl sites for hydroxylation is 1. The standard InChI is InChI=1S/C23H21NO3S/c1-17-13-15-20(16-14-17)28(26)24-21(18-9-5-3-6-10-18)23(24,22(25)27-2)19-11-7-4-8-12-19/h3-16,21H,1-2H3/t21-,23+,24?,28?/m0/s1. The van der Waals surface area contributed by atoms with Crippen LogP contribution in [-0.2, 0) is 26.1 Å². The number of hydrogen-bond acceptors (Lipinski definition) is 3. The smallest absolute Gasteiger partial charge is 0.333 e. The number of hydrogen-bond donors (Lipinski definition) is 0. The number of carbonyl (C=O) groups excluding carboxylic acids is 1. The Balaban J connectivity index is 1.87. The van der Waals surface area contributed by atoms with Crippen molar-refractivity contribution in [2.24, 2.45) is 0 Å². The summed E-state index contributed by atoms with van der Waals surface area (Å²) in [4.78, 5) is 13.7. The van der Waals surface area contributed by atoms with Crippen molar-refractivity contribution in [2.45, 2.75) is 23.4 Å². The molecule has 1 fully saturated rings. The number of benzene rings is 3. The minimum Gasteiger partial charge on any atom is -0.467 e. The molecule has 0 aliphatic carbocycles. The molecule has 0 bridgehead atoms. The van der Waals surface area contributed by atoms with Crippen LogP contribution in [0.3, 0.4) is 0 Å². The predicted octanol–water partition coefficient (Wildman–Crippen LogP) is 4.14. The molecule has 0 N–H and O–H groups in total. The Bertz CT molecular complexity index is 1010. The van der Waals surface area contributed by atoms with Crippen LogP contribution < -0.4 is 0 Å². The molecule has 142 valence electrons. The number of ether oxygens (including phenoxy) is 1. The summed E-state index contributed by atoms with van der Waals surface area (Å²) < 4.78 is 20.5. The van der Waals surface area contributed by atoms with Crippen LogP contribution in [0, 0.1) is 6.92 Å². The summed E-state index contributed by atoms with van der Waals surface area (Å²) in [6.45, 7) is 1.99. The van der Waals surface area contributed by atoms with Crippen molar-refractivity contribution in [1.29, 1.82) is 0 Å². The maximum Gasteiger partial charge on any atom is 0.333 e. The summed E-state index contributed by atoms with van der Waals surface area (Å²) in [5.74, 6) is -0.409. The highest BCUT2D eigenvalue weighted by Gasteiger charge is 2.73. The van der Waals surface area contributed by atoms with E-state index in [1.165, 1.54) is 7.11 Å². The maximum atomic E-state index is 13.5. The fraction of sp³-hybridized carbons (Fsp3) is 0.174. The van der Waals surface area contributed by atoms with Crippen molar-refractivity contribution >= 4 is 17.0 Å². The van der Waals surface area contributed by atoms with Crippen molar-refractivity contribution < 1.29 is 13.7 Å². The Kier molecular flexibility index (Phi) is 4.87. The number of nitrogens with zero attached hydrogens (tertiary/aromatic N) is 1. The number of carbonyl (C=O) groups is 1. The van der Waals surface area contributed by atoms with E-state index in [1.807, 2.05) is 91.9 Å². The van der Waals surface area contributed by atoms with Crippen molar-refractivity contribution in [2.75, 3.05) is 7.11 Å². The molecule has 2 unspecified atom stereocenters. The van der Waals surface area contributed by atoms with E-state index in [4.69, 9.17) is 4.74 Å². The van der Waals surface area contributed by atoms with Gasteiger partial charge in [-0.3, -0.25) is 0 Å². The third-order valence-corrected chi connectivity index (χ3v) is 6.67. The van der Waals surface area contributed by atoms with Gasteiger partial charge in [-0.15, -0.1) is 0 Å². The second kappa shape index (κ2) is 7.34. The van der Waals surface area contributed by atoms with Gasteiger partial charge in [0.25, 0.3) is 0 Å². The molecule has 0 amide bonds. The lowest BCUT2D eigenvalue weighted by Gasteiger charge is -2.15. The Morgan fingerprint density at radius 3 is 2.07 bits per heavy atom. The van der Waals surface area contributed by atoms with Gasteiger partial charge in [0.05, 0.1) is 18.0 Å². The molecule has 1 saturated heterocycles. The predicted molar refractivity (Wildman–Crippen MR) is 109 cm³/mol. The van der Waals surface area contributed by atoms with Gasteiger partial charge in [-0.2, -0.15) is 4.31 Å². The van der Waals surface area contributed by atoms with Crippen molar-refractivity contribution in [1.82, 2.24) is 4.31 Å². The Labute approximate surface area is 167 Å². The van der Waals surface area contributed by atoms with Crippen molar-refractivity contribution in [3.8, 4) is 0 Å². The van der Waals surface area contributed by atoms with Crippen LogP contribution in [0.25, 0.3) is 0 Å². The van der Waals surface area contributed by atoms with Crippen molar-refractivity contribution in [3.05, 3.63) is 102 Å². The summed E-state index contributed by atoms with van der Waals surface area (Å²) in [6, 6.07) is 26.3. The van der Waals surface area contributed by atoms with E-state index in [9.17, 15) is 9.00 Å². The molecule has 0 aromatic heterocycles. The first-order valence-corrected chi connectivity index (χ1v) is 10.2. The van der Waals surface area contributed by atoms with Gasteiger partial charge < -0.3 is 4.74 Å². The molecule has 4 nitrogen and oxygen atoms in total. The second-order valence-electron chi connectivity index (χ2n) is 6.83. The Morgan fingerprint density at radius 2 is 1.50 bits per heavy atom. The van der Waals surface area contributed by atoms with Crippen LogP contribution in [0.2, 0.25) is 0 Å². The lowest BCUT2D eigenvalue weighted by atomic mass is 9.91. The highest BCUT2D eigenvalue weighted by molar-refractivity contribution is 7.83. The van der Waals surface area contributed by atoms with E-state index >= 15 is 0 Å². The molecule has 1 aliphatic heterocycles. The maximum absolute atomic E-state index is 13.5. The van der Waals surface area contributed by atoms with Gasteiger partial charge >= 0.3 is 5.97 Å². The topological polar surface area (TPSA) is 46.4 Å². The summed E-state index contributed by atoms with van der Waals surface area (Å²) in [5.41, 5.74) is 1.68. The minimum absolute atomic E-state index is 0.370. The average Bonchev–Trinajstić information content (AvgIpc) is 3.45. The van der Waals surface area contributed by atoms with E-state index in [2.05, 4.69) is 0 Å². The molecule has 0 radical (unpaired) electrons. The summed E-state index contributed by atoms with van der Waals surface area (Å²) >= 11 is 0. The number of esters is 1. The van der Waals surface area contributed by atoms with Gasteiger partial charge in [0.2, 0.25) is 0 Å². The highest BCUT2D eigenvalue weighted by atomic mass is 32.2. The van der Waals surface area contributed by atoms with Crippen molar-refractivity contribution in [3.63, 3.8) is 0 Å². The van der Waals surface area contributed by atoms with E-state index in [0.29, 0.717) is 4.90 Å². The first kappa shape index (κ1) is 18.6. The monoisotopic (exact) mass is 391 g/mol. The Morgan fingerprint density at radius 1 is 0.929 bits per heavy atom. The first-order chi connectivity index (χ1) is 13.6. The summed E-state index contributed by atoms with van der Waals surface area (Å²) in [7, 11) is -0.147. The zero-order chi connectivity index (χ0) is 19.7. The van der Waals surface area contributed by atoms with E-state index < -0.39 is 22.5 Å². The van der Waals surface area contributed by atoms with E-state index in [1.54, 1.807) is 4.31 Å². The third kappa shape index (κ3) is 2.87.